The van der Waals surface area contributed by atoms with Crippen LogP contribution in [0.25, 0.3) is 0 Å². The highest BCUT2D eigenvalue weighted by molar-refractivity contribution is 7.92. The highest BCUT2D eigenvalue weighted by atomic mass is 32.2. The van der Waals surface area contributed by atoms with Crippen LogP contribution in [0.4, 0.5) is 5.69 Å². The number of anilines is 1. The lowest BCUT2D eigenvalue weighted by atomic mass is 9.99. The Labute approximate surface area is 140 Å². The first-order chi connectivity index (χ1) is 11.5. The van der Waals surface area contributed by atoms with Crippen molar-refractivity contribution < 1.29 is 17.9 Å². The number of rotatable bonds is 5. The maximum atomic E-state index is 12.4. The summed E-state index contributed by atoms with van der Waals surface area (Å²) >= 11 is 0. The van der Waals surface area contributed by atoms with Crippen molar-refractivity contribution in [2.75, 3.05) is 18.4 Å². The number of carbonyl (C=O) groups is 1. The predicted octanol–water partition coefficient (Wildman–Crippen LogP) is 2.10. The zero-order valence-corrected chi connectivity index (χ0v) is 14.0. The molecule has 3 rings (SSSR count). The van der Waals surface area contributed by atoms with Gasteiger partial charge in [0, 0.05) is 24.6 Å². The quantitative estimate of drug-likeness (QED) is 0.868. The van der Waals surface area contributed by atoms with Gasteiger partial charge in [0.05, 0.1) is 12.0 Å². The molecule has 6 nitrogen and oxygen atoms in total. The summed E-state index contributed by atoms with van der Waals surface area (Å²) in [6.07, 6.45) is 0.441. The van der Waals surface area contributed by atoms with Gasteiger partial charge < -0.3 is 10.1 Å². The van der Waals surface area contributed by atoms with E-state index in [0.717, 1.165) is 5.56 Å². The molecule has 1 saturated heterocycles. The van der Waals surface area contributed by atoms with E-state index in [1.54, 1.807) is 55.6 Å². The van der Waals surface area contributed by atoms with E-state index in [1.165, 1.54) is 0 Å². The second-order valence-electron chi connectivity index (χ2n) is 5.61. The maximum Gasteiger partial charge on any atom is 0.261 e. The van der Waals surface area contributed by atoms with E-state index in [2.05, 4.69) is 10.0 Å². The lowest BCUT2D eigenvalue weighted by molar-refractivity contribution is -0.119. The molecule has 7 heteroatoms. The second-order valence-corrected chi connectivity index (χ2v) is 7.29. The normalized spacial score (nSPS) is 17.4. The number of amides is 1. The van der Waals surface area contributed by atoms with Gasteiger partial charge in [-0.25, -0.2) is 8.42 Å². The Morgan fingerprint density at radius 1 is 1.08 bits per heavy atom. The van der Waals surface area contributed by atoms with Gasteiger partial charge in [-0.2, -0.15) is 0 Å². The smallest absolute Gasteiger partial charge is 0.261 e. The molecule has 1 aliphatic heterocycles. The van der Waals surface area contributed by atoms with E-state index in [4.69, 9.17) is 4.74 Å². The van der Waals surface area contributed by atoms with Crippen molar-refractivity contribution >= 4 is 21.6 Å². The third kappa shape index (κ3) is 3.51. The van der Waals surface area contributed by atoms with Crippen LogP contribution in [0, 0.1) is 0 Å². The standard InChI is InChI=1S/C17H18N2O4S/c1-23-15-6-4-14(5-7-15)19-24(21,22)16-8-2-12(3-9-16)13-10-17(20)18-11-13/h2-9,13,19H,10-11H2,1H3,(H,18,20)/t13-/m1/s1. The molecule has 1 amide bonds. The molecule has 0 aliphatic carbocycles. The van der Waals surface area contributed by atoms with Crippen LogP contribution in [0.2, 0.25) is 0 Å². The molecule has 0 bridgehead atoms. The van der Waals surface area contributed by atoms with Crippen molar-refractivity contribution in [2.24, 2.45) is 0 Å². The van der Waals surface area contributed by atoms with Crippen LogP contribution < -0.4 is 14.8 Å². The molecule has 0 unspecified atom stereocenters. The Balaban J connectivity index is 1.75. The first kappa shape index (κ1) is 16.3. The summed E-state index contributed by atoms with van der Waals surface area (Å²) in [6.45, 7) is 0.592. The molecule has 2 aromatic rings. The minimum atomic E-state index is -3.66. The summed E-state index contributed by atoms with van der Waals surface area (Å²) in [4.78, 5) is 11.5. The maximum absolute atomic E-state index is 12.4. The first-order valence-corrected chi connectivity index (χ1v) is 9.00. The van der Waals surface area contributed by atoms with Crippen molar-refractivity contribution in [1.29, 1.82) is 0 Å². The van der Waals surface area contributed by atoms with Gasteiger partial charge >= 0.3 is 0 Å². The Morgan fingerprint density at radius 3 is 2.29 bits per heavy atom. The molecule has 0 spiro atoms. The summed E-state index contributed by atoms with van der Waals surface area (Å²) in [5, 5.41) is 2.78. The van der Waals surface area contributed by atoms with E-state index in [9.17, 15) is 13.2 Å². The van der Waals surface area contributed by atoms with Gasteiger partial charge in [0.1, 0.15) is 5.75 Å². The molecule has 126 valence electrons. The summed E-state index contributed by atoms with van der Waals surface area (Å²) < 4.78 is 32.4. The van der Waals surface area contributed by atoms with Crippen LogP contribution in [0.1, 0.15) is 17.9 Å². The van der Waals surface area contributed by atoms with Crippen molar-refractivity contribution in [3.05, 3.63) is 54.1 Å². The molecule has 1 fully saturated rings. The molecular weight excluding hydrogens is 328 g/mol. The number of hydrogen-bond donors (Lipinski definition) is 2. The number of sulfonamides is 1. The second kappa shape index (κ2) is 6.52. The monoisotopic (exact) mass is 346 g/mol. The Bertz CT molecular complexity index is 830. The largest absolute Gasteiger partial charge is 0.497 e. The van der Waals surface area contributed by atoms with Gasteiger partial charge in [0.2, 0.25) is 5.91 Å². The third-order valence-electron chi connectivity index (χ3n) is 3.98. The highest BCUT2D eigenvalue weighted by Gasteiger charge is 2.23. The Hall–Kier alpha value is -2.54. The van der Waals surface area contributed by atoms with Crippen molar-refractivity contribution in [1.82, 2.24) is 5.32 Å². The van der Waals surface area contributed by atoms with E-state index < -0.39 is 10.0 Å². The van der Waals surface area contributed by atoms with Gasteiger partial charge in [0.25, 0.3) is 10.0 Å². The van der Waals surface area contributed by atoms with Crippen LogP contribution in [0.3, 0.4) is 0 Å². The zero-order chi connectivity index (χ0) is 17.2. The number of hydrogen-bond acceptors (Lipinski definition) is 4. The predicted molar refractivity (Wildman–Crippen MR) is 90.6 cm³/mol. The fourth-order valence-electron chi connectivity index (χ4n) is 2.63. The lowest BCUT2D eigenvalue weighted by Crippen LogP contribution is -2.14. The van der Waals surface area contributed by atoms with Crippen LogP contribution in [-0.2, 0) is 14.8 Å². The van der Waals surface area contributed by atoms with Crippen molar-refractivity contribution in [3.8, 4) is 5.75 Å². The van der Waals surface area contributed by atoms with E-state index in [1.807, 2.05) is 0 Å². The average molecular weight is 346 g/mol. The van der Waals surface area contributed by atoms with E-state index >= 15 is 0 Å². The van der Waals surface area contributed by atoms with Crippen LogP contribution in [0.15, 0.2) is 53.4 Å². The van der Waals surface area contributed by atoms with Gasteiger partial charge in [-0.05, 0) is 42.0 Å². The van der Waals surface area contributed by atoms with E-state index in [0.29, 0.717) is 24.4 Å². The Morgan fingerprint density at radius 2 is 1.75 bits per heavy atom. The topological polar surface area (TPSA) is 84.5 Å². The molecule has 1 aliphatic rings. The summed E-state index contributed by atoms with van der Waals surface area (Å²) in [7, 11) is -2.11. The minimum Gasteiger partial charge on any atom is -0.497 e. The van der Waals surface area contributed by atoms with Crippen molar-refractivity contribution in [3.63, 3.8) is 0 Å². The molecule has 0 radical (unpaired) electrons. The number of benzene rings is 2. The SMILES string of the molecule is COc1ccc(NS(=O)(=O)c2ccc([C@H]3CNC(=O)C3)cc2)cc1. The fourth-order valence-corrected chi connectivity index (χ4v) is 3.69. The van der Waals surface area contributed by atoms with Crippen molar-refractivity contribution in [2.45, 2.75) is 17.2 Å². The molecular formula is C17H18N2O4S. The number of ether oxygens (including phenoxy) is 1. The molecule has 0 saturated carbocycles. The first-order valence-electron chi connectivity index (χ1n) is 7.51. The molecule has 2 aromatic carbocycles. The molecule has 2 N–H and O–H groups in total. The van der Waals surface area contributed by atoms with Gasteiger partial charge in [0.15, 0.2) is 0 Å². The summed E-state index contributed by atoms with van der Waals surface area (Å²) in [5.41, 5.74) is 1.42. The van der Waals surface area contributed by atoms with Gasteiger partial charge in [-0.15, -0.1) is 0 Å². The highest BCUT2D eigenvalue weighted by Crippen LogP contribution is 2.25. The van der Waals surface area contributed by atoms with E-state index in [-0.39, 0.29) is 16.7 Å². The summed E-state index contributed by atoms with van der Waals surface area (Å²) in [6, 6.07) is 13.3. The molecule has 1 heterocycles. The lowest BCUT2D eigenvalue weighted by Gasteiger charge is -2.11. The molecule has 24 heavy (non-hydrogen) atoms. The van der Waals surface area contributed by atoms with Crippen LogP contribution in [0.5, 0.6) is 5.75 Å². The summed E-state index contributed by atoms with van der Waals surface area (Å²) in [5.74, 6) is 0.781. The minimum absolute atomic E-state index is 0.0258. The number of carbonyl (C=O) groups excluding carboxylic acids is 1. The van der Waals surface area contributed by atoms with Crippen LogP contribution in [-0.4, -0.2) is 28.0 Å². The molecule has 1 atom stereocenters. The Kier molecular flexibility index (Phi) is 4.44. The number of methoxy groups -OCH3 is 1. The van der Waals surface area contributed by atoms with Crippen LogP contribution >= 0.6 is 0 Å². The van der Waals surface area contributed by atoms with Gasteiger partial charge in [-0.1, -0.05) is 12.1 Å². The average Bonchev–Trinajstić information content (AvgIpc) is 3.02. The fraction of sp³-hybridized carbons (Fsp3) is 0.235. The zero-order valence-electron chi connectivity index (χ0n) is 13.2. The van der Waals surface area contributed by atoms with Gasteiger partial charge in [-0.3, -0.25) is 9.52 Å². The third-order valence-corrected chi connectivity index (χ3v) is 5.38. The molecule has 0 aromatic heterocycles. The number of nitrogens with one attached hydrogen (secondary N) is 2.